The standard InChI is InChI=1S/C11H12/c1-8-3-6-11-9(2)4-5-10(11)7-8/h3,6-7H,2,4-5H2,1H3. The average molecular weight is 144 g/mol. The van der Waals surface area contributed by atoms with Gasteiger partial charge in [0, 0.05) is 0 Å². The number of rotatable bonds is 0. The summed E-state index contributed by atoms with van der Waals surface area (Å²) in [6.07, 6.45) is 2.34. The molecule has 0 radical (unpaired) electrons. The quantitative estimate of drug-likeness (QED) is 0.525. The van der Waals surface area contributed by atoms with E-state index in [0.29, 0.717) is 0 Å². The molecule has 0 unspecified atom stereocenters. The predicted molar refractivity (Wildman–Crippen MR) is 48.5 cm³/mol. The average Bonchev–Trinajstić information content (AvgIpc) is 2.32. The van der Waals surface area contributed by atoms with Crippen LogP contribution in [0, 0.1) is 6.92 Å². The molecular weight excluding hydrogens is 132 g/mol. The van der Waals surface area contributed by atoms with Crippen LogP contribution in [0.5, 0.6) is 0 Å². The van der Waals surface area contributed by atoms with Crippen molar-refractivity contribution in [3.63, 3.8) is 0 Å². The van der Waals surface area contributed by atoms with Gasteiger partial charge in [-0.25, -0.2) is 0 Å². The van der Waals surface area contributed by atoms with Crippen LogP contribution in [-0.4, -0.2) is 0 Å². The zero-order valence-electron chi connectivity index (χ0n) is 6.85. The highest BCUT2D eigenvalue weighted by Gasteiger charge is 2.12. The Kier molecular flexibility index (Phi) is 1.35. The molecular formula is C11H12. The van der Waals surface area contributed by atoms with E-state index in [4.69, 9.17) is 0 Å². The van der Waals surface area contributed by atoms with Crippen molar-refractivity contribution >= 4 is 5.57 Å². The van der Waals surface area contributed by atoms with Gasteiger partial charge < -0.3 is 0 Å². The van der Waals surface area contributed by atoms with Crippen molar-refractivity contribution in [2.75, 3.05) is 0 Å². The highest BCUT2D eigenvalue weighted by Crippen LogP contribution is 2.30. The van der Waals surface area contributed by atoms with E-state index in [1.807, 2.05) is 0 Å². The van der Waals surface area contributed by atoms with E-state index in [0.717, 1.165) is 6.42 Å². The van der Waals surface area contributed by atoms with Crippen LogP contribution in [0.2, 0.25) is 0 Å². The van der Waals surface area contributed by atoms with Crippen molar-refractivity contribution in [3.05, 3.63) is 41.5 Å². The number of fused-ring (bicyclic) bond motifs is 1. The SMILES string of the molecule is C=C1CCc2cc(C)ccc21. The third kappa shape index (κ3) is 0.988. The summed E-state index contributed by atoms with van der Waals surface area (Å²) in [4.78, 5) is 0. The maximum Gasteiger partial charge on any atom is -0.0198 e. The van der Waals surface area contributed by atoms with Crippen LogP contribution < -0.4 is 0 Å². The van der Waals surface area contributed by atoms with Gasteiger partial charge in [-0.1, -0.05) is 30.3 Å². The zero-order valence-corrected chi connectivity index (χ0v) is 6.85. The van der Waals surface area contributed by atoms with Crippen molar-refractivity contribution in [2.45, 2.75) is 19.8 Å². The second-order valence-corrected chi connectivity index (χ2v) is 3.26. The molecule has 0 spiro atoms. The van der Waals surface area contributed by atoms with Crippen molar-refractivity contribution in [3.8, 4) is 0 Å². The Morgan fingerprint density at radius 2 is 2.09 bits per heavy atom. The minimum atomic E-state index is 1.15. The molecule has 1 aromatic carbocycles. The van der Waals surface area contributed by atoms with E-state index in [1.165, 1.54) is 28.7 Å². The first kappa shape index (κ1) is 6.66. The Morgan fingerprint density at radius 3 is 2.91 bits per heavy atom. The topological polar surface area (TPSA) is 0 Å². The molecule has 0 fully saturated rings. The molecule has 0 N–H and O–H groups in total. The van der Waals surface area contributed by atoms with Crippen molar-refractivity contribution in [1.29, 1.82) is 0 Å². The maximum absolute atomic E-state index is 4.03. The zero-order chi connectivity index (χ0) is 7.84. The molecule has 1 aromatic rings. The lowest BCUT2D eigenvalue weighted by molar-refractivity contribution is 1.08. The van der Waals surface area contributed by atoms with Crippen LogP contribution in [0.15, 0.2) is 24.8 Å². The summed E-state index contributed by atoms with van der Waals surface area (Å²) in [7, 11) is 0. The molecule has 0 aromatic heterocycles. The smallest absolute Gasteiger partial charge is 0.0198 e. The van der Waals surface area contributed by atoms with Gasteiger partial charge in [0.2, 0.25) is 0 Å². The van der Waals surface area contributed by atoms with Gasteiger partial charge in [0.25, 0.3) is 0 Å². The van der Waals surface area contributed by atoms with Crippen LogP contribution in [0.1, 0.15) is 23.1 Å². The molecule has 0 aliphatic heterocycles. The molecule has 11 heavy (non-hydrogen) atoms. The van der Waals surface area contributed by atoms with Crippen molar-refractivity contribution in [1.82, 2.24) is 0 Å². The Bertz CT molecular complexity index is 308. The third-order valence-electron chi connectivity index (χ3n) is 2.34. The largest absolute Gasteiger partial charge is 0.0952 e. The fourth-order valence-electron chi connectivity index (χ4n) is 1.69. The molecule has 0 nitrogen and oxygen atoms in total. The van der Waals surface area contributed by atoms with Gasteiger partial charge in [0.05, 0.1) is 0 Å². The van der Waals surface area contributed by atoms with Crippen LogP contribution in [-0.2, 0) is 6.42 Å². The number of benzene rings is 1. The highest BCUT2D eigenvalue weighted by atomic mass is 14.2. The molecule has 0 atom stereocenters. The lowest BCUT2D eigenvalue weighted by Crippen LogP contribution is -1.81. The number of hydrogen-bond donors (Lipinski definition) is 0. The summed E-state index contributed by atoms with van der Waals surface area (Å²) in [5.41, 5.74) is 5.53. The summed E-state index contributed by atoms with van der Waals surface area (Å²) in [6, 6.07) is 6.63. The van der Waals surface area contributed by atoms with E-state index < -0.39 is 0 Å². The van der Waals surface area contributed by atoms with Gasteiger partial charge in [0.1, 0.15) is 0 Å². The lowest BCUT2D eigenvalue weighted by Gasteiger charge is -1.99. The monoisotopic (exact) mass is 144 g/mol. The maximum atomic E-state index is 4.03. The van der Waals surface area contributed by atoms with Crippen LogP contribution in [0.25, 0.3) is 5.57 Å². The summed E-state index contributed by atoms with van der Waals surface area (Å²) in [5, 5.41) is 0. The normalized spacial score (nSPS) is 15.2. The van der Waals surface area contributed by atoms with Crippen LogP contribution >= 0.6 is 0 Å². The van der Waals surface area contributed by atoms with Crippen molar-refractivity contribution < 1.29 is 0 Å². The molecule has 0 heterocycles. The number of hydrogen-bond acceptors (Lipinski definition) is 0. The molecule has 0 amide bonds. The van der Waals surface area contributed by atoms with Gasteiger partial charge in [-0.05, 0) is 36.5 Å². The van der Waals surface area contributed by atoms with E-state index in [2.05, 4.69) is 31.7 Å². The molecule has 1 aliphatic carbocycles. The van der Waals surface area contributed by atoms with Gasteiger partial charge in [-0.3, -0.25) is 0 Å². The van der Waals surface area contributed by atoms with Gasteiger partial charge in [-0.2, -0.15) is 0 Å². The van der Waals surface area contributed by atoms with Gasteiger partial charge >= 0.3 is 0 Å². The van der Waals surface area contributed by atoms with Crippen LogP contribution in [0.3, 0.4) is 0 Å². The summed E-state index contributed by atoms with van der Waals surface area (Å²) >= 11 is 0. The minimum absolute atomic E-state index is 1.15. The molecule has 0 heteroatoms. The highest BCUT2D eigenvalue weighted by molar-refractivity contribution is 5.70. The molecule has 2 rings (SSSR count). The fourth-order valence-corrected chi connectivity index (χ4v) is 1.69. The molecule has 0 saturated carbocycles. The Balaban J connectivity index is 2.59. The van der Waals surface area contributed by atoms with Crippen LogP contribution in [0.4, 0.5) is 0 Å². The third-order valence-corrected chi connectivity index (χ3v) is 2.34. The Hall–Kier alpha value is -1.04. The van der Waals surface area contributed by atoms with Crippen molar-refractivity contribution in [2.24, 2.45) is 0 Å². The lowest BCUT2D eigenvalue weighted by atomic mass is 10.1. The second-order valence-electron chi connectivity index (χ2n) is 3.26. The first-order valence-corrected chi connectivity index (χ1v) is 4.05. The van der Waals surface area contributed by atoms with E-state index in [9.17, 15) is 0 Å². The molecule has 1 aliphatic rings. The number of allylic oxidation sites excluding steroid dienone is 1. The van der Waals surface area contributed by atoms with E-state index in [-0.39, 0.29) is 0 Å². The molecule has 56 valence electrons. The Labute approximate surface area is 67.6 Å². The molecule has 0 bridgehead atoms. The summed E-state index contributed by atoms with van der Waals surface area (Å²) < 4.78 is 0. The molecule has 0 saturated heterocycles. The number of aryl methyl sites for hydroxylation is 2. The predicted octanol–water partition coefficient (Wildman–Crippen LogP) is 2.95. The second kappa shape index (κ2) is 2.23. The first-order valence-electron chi connectivity index (χ1n) is 4.05. The summed E-state index contributed by atoms with van der Waals surface area (Å²) in [5.74, 6) is 0. The van der Waals surface area contributed by atoms with Gasteiger partial charge in [-0.15, -0.1) is 0 Å². The van der Waals surface area contributed by atoms with Gasteiger partial charge in [0.15, 0.2) is 0 Å². The first-order chi connectivity index (χ1) is 5.27. The van der Waals surface area contributed by atoms with E-state index in [1.54, 1.807) is 0 Å². The summed E-state index contributed by atoms with van der Waals surface area (Å²) in [6.45, 7) is 6.17. The van der Waals surface area contributed by atoms with E-state index >= 15 is 0 Å². The fraction of sp³-hybridized carbons (Fsp3) is 0.273. The Morgan fingerprint density at radius 1 is 1.27 bits per heavy atom. The minimum Gasteiger partial charge on any atom is -0.0952 e.